The number of rotatable bonds is 8. The summed E-state index contributed by atoms with van der Waals surface area (Å²) in [6, 6.07) is 109. The molecule has 12 nitrogen and oxygen atoms in total. The molecule has 3 aliphatic carbocycles. The average molecular weight is 1620 g/mol. The standard InChI is InChI=1S/C39H24N4S.2C34H19N3OS/c1-2-9-26(10-3-1)39-42-35(38-37(43-39)31-15-6-7-16-33(31)44-38)25-19-17-24(18-20-25)27-12-8-13-29(21-27)34-32-22-28-11-4-5-14-30(28)36(32)41-23-40-34;1-2-6-22-19(5-1)16-27-31(36-18-37-32(22)27)21-10-12-29-26(17-21)25-15-20(9-11-28(25)38-29)23-13-14-35-33-24-7-3-4-8-30(24)39-34(23)33;1-2-6-22-19(5-1)15-27-31(36-18-37-33(22)27)21-9-11-23-26-16-20(10-12-28(26)38-29(23)17-21)32-34-25(13-14-35-32)24-7-3-4-8-30(24)39-34/h1-21,23H,22H2;1-15,17-18H,16H2;1-14,16-18H,15H2. The van der Waals surface area contributed by atoms with Crippen LogP contribution < -0.4 is 0 Å². The molecule has 0 fully saturated rings. The highest BCUT2D eigenvalue weighted by molar-refractivity contribution is 7.27. The summed E-state index contributed by atoms with van der Waals surface area (Å²) < 4.78 is 19.9. The summed E-state index contributed by atoms with van der Waals surface area (Å²) in [7, 11) is 0. The highest BCUT2D eigenvalue weighted by Gasteiger charge is 2.29. The number of hydrogen-bond acceptors (Lipinski definition) is 15. The molecule has 0 saturated heterocycles. The third kappa shape index (κ3) is 11.5. The first-order chi connectivity index (χ1) is 60.4. The molecule has 24 aromatic rings. The Morgan fingerprint density at radius 2 is 0.664 bits per heavy atom. The highest BCUT2D eigenvalue weighted by Crippen LogP contribution is 2.49. The first-order valence-electron chi connectivity index (χ1n) is 40.6. The third-order valence-corrected chi connectivity index (χ3v) is 27.8. The molecule has 0 radical (unpaired) electrons. The van der Waals surface area contributed by atoms with Crippen LogP contribution >= 0.6 is 34.0 Å². The quantitative estimate of drug-likeness (QED) is 0.142. The summed E-state index contributed by atoms with van der Waals surface area (Å²) in [6.07, 6.45) is 11.4. The minimum absolute atomic E-state index is 0.743. The predicted octanol–water partition coefficient (Wildman–Crippen LogP) is 28.0. The Morgan fingerprint density at radius 1 is 0.221 bits per heavy atom. The molecule has 0 unspecified atom stereocenters. The Kier molecular flexibility index (Phi) is 16.2. The van der Waals surface area contributed by atoms with Gasteiger partial charge >= 0.3 is 0 Å². The molecular formula is C107H62N10O2S3. The Bertz CT molecular complexity index is 8470. The fraction of sp³-hybridized carbons (Fsp3) is 0.0280. The number of hydrogen-bond donors (Lipinski definition) is 0. The lowest BCUT2D eigenvalue weighted by Crippen LogP contribution is -1.95. The van der Waals surface area contributed by atoms with E-state index in [2.05, 4.69) is 306 Å². The molecule has 122 heavy (non-hydrogen) atoms. The first-order valence-corrected chi connectivity index (χ1v) is 43.1. The largest absolute Gasteiger partial charge is 0.456 e. The number of furan rings is 2. The van der Waals surface area contributed by atoms with Crippen LogP contribution in [0.3, 0.4) is 0 Å². The average Bonchev–Trinajstić information content (AvgIpc) is 1.60. The van der Waals surface area contributed by atoms with Gasteiger partial charge in [-0.2, -0.15) is 0 Å². The fourth-order valence-electron chi connectivity index (χ4n) is 18.5. The molecule has 11 aromatic heterocycles. The van der Waals surface area contributed by atoms with Crippen molar-refractivity contribution in [1.29, 1.82) is 0 Å². The van der Waals surface area contributed by atoms with Gasteiger partial charge in [-0.1, -0.05) is 212 Å². The maximum Gasteiger partial charge on any atom is 0.160 e. The lowest BCUT2D eigenvalue weighted by Gasteiger charge is -2.10. The monoisotopic (exact) mass is 1610 g/mol. The van der Waals surface area contributed by atoms with Crippen molar-refractivity contribution in [1.82, 2.24) is 49.8 Å². The molecule has 0 aliphatic heterocycles. The van der Waals surface area contributed by atoms with Gasteiger partial charge in [0.15, 0.2) is 5.82 Å². The minimum Gasteiger partial charge on any atom is -0.456 e. The lowest BCUT2D eigenvalue weighted by atomic mass is 9.97. The SMILES string of the molecule is c1ccc(-c2nc(-c3ccc(-c4cccc(-c5ncnc6c5Cc5ccccc5-6)c4)cc3)c3sc4ccccc4c3n2)cc1.c1ccc2c(c1)Cc1c(-c3ccc4c(c3)oc3ccc(-c5nccc6c5sc5ccccc56)cc34)ncnc1-2.c1ccc2c(c1)Cc1c(-c3ccc4oc5ccc(-c6ccnc7c6sc6ccccc67)cc5c4c3)ncnc1-2. The number of nitrogens with zero attached hydrogens (tertiary/aromatic N) is 10. The highest BCUT2D eigenvalue weighted by atomic mass is 32.1. The van der Waals surface area contributed by atoms with E-state index in [1.165, 1.54) is 101 Å². The molecule has 0 amide bonds. The van der Waals surface area contributed by atoms with Crippen molar-refractivity contribution in [3.05, 3.63) is 374 Å². The van der Waals surface area contributed by atoms with Crippen molar-refractivity contribution in [2.75, 3.05) is 0 Å². The molecule has 13 aromatic carbocycles. The molecule has 0 spiro atoms. The number of pyridine rings is 2. The third-order valence-electron chi connectivity index (χ3n) is 24.3. The molecule has 0 bridgehead atoms. The number of thiophene rings is 3. The molecule has 3 aliphatic rings. The van der Waals surface area contributed by atoms with Crippen molar-refractivity contribution in [2.45, 2.75) is 19.3 Å². The van der Waals surface area contributed by atoms with Gasteiger partial charge < -0.3 is 8.83 Å². The summed E-state index contributed by atoms with van der Waals surface area (Å²) >= 11 is 5.36. The van der Waals surface area contributed by atoms with Crippen LogP contribution in [-0.4, -0.2) is 49.8 Å². The molecule has 0 atom stereocenters. The van der Waals surface area contributed by atoms with Gasteiger partial charge in [0.1, 0.15) is 41.3 Å². The molecule has 570 valence electrons. The van der Waals surface area contributed by atoms with Crippen LogP contribution in [-0.2, 0) is 19.3 Å². The number of aromatic nitrogens is 10. The molecular weight excluding hydrogens is 1550 g/mol. The number of benzene rings is 13. The van der Waals surface area contributed by atoms with Crippen molar-refractivity contribution < 1.29 is 8.83 Å². The van der Waals surface area contributed by atoms with Gasteiger partial charge in [0.05, 0.1) is 70.7 Å². The lowest BCUT2D eigenvalue weighted by molar-refractivity contribution is 0.668. The van der Waals surface area contributed by atoms with Gasteiger partial charge in [0, 0.05) is 161 Å². The van der Waals surface area contributed by atoms with Crippen LogP contribution in [0.4, 0.5) is 0 Å². The van der Waals surface area contributed by atoms with Gasteiger partial charge in [-0.05, 0) is 130 Å². The van der Waals surface area contributed by atoms with Gasteiger partial charge in [-0.15, -0.1) is 34.0 Å². The summed E-state index contributed by atoms with van der Waals surface area (Å²) in [5.41, 5.74) is 35.8. The Balaban J connectivity index is 0.000000101. The van der Waals surface area contributed by atoms with E-state index in [9.17, 15) is 0 Å². The van der Waals surface area contributed by atoms with Gasteiger partial charge in [-0.25, -0.2) is 39.9 Å². The van der Waals surface area contributed by atoms with E-state index in [-0.39, 0.29) is 0 Å². The van der Waals surface area contributed by atoms with E-state index in [0.29, 0.717) is 0 Å². The maximum atomic E-state index is 6.36. The topological polar surface area (TPSA) is 155 Å². The van der Waals surface area contributed by atoms with Gasteiger partial charge in [0.25, 0.3) is 0 Å². The smallest absolute Gasteiger partial charge is 0.160 e. The maximum absolute atomic E-state index is 6.36. The molecule has 0 N–H and O–H groups in total. The van der Waals surface area contributed by atoms with E-state index in [0.717, 1.165) is 180 Å². The summed E-state index contributed by atoms with van der Waals surface area (Å²) in [6.45, 7) is 0. The molecule has 27 rings (SSSR count). The Hall–Kier alpha value is -15.3. The molecule has 11 heterocycles. The second kappa shape index (κ2) is 28.2. The van der Waals surface area contributed by atoms with E-state index in [1.807, 2.05) is 30.6 Å². The van der Waals surface area contributed by atoms with Crippen molar-refractivity contribution in [3.8, 4) is 124 Å². The van der Waals surface area contributed by atoms with Crippen LogP contribution in [0.25, 0.3) is 228 Å². The Morgan fingerprint density at radius 3 is 1.30 bits per heavy atom. The molecule has 0 saturated carbocycles. The van der Waals surface area contributed by atoms with Gasteiger partial charge in [0.2, 0.25) is 0 Å². The number of fused-ring (bicyclic) bond motifs is 24. The summed E-state index contributed by atoms with van der Waals surface area (Å²) in [5, 5.41) is 9.28. The Labute approximate surface area is 709 Å². The van der Waals surface area contributed by atoms with E-state index in [4.69, 9.17) is 43.7 Å². The zero-order valence-corrected chi connectivity index (χ0v) is 67.4. The first kappa shape index (κ1) is 69.8. The summed E-state index contributed by atoms with van der Waals surface area (Å²) in [5.74, 6) is 0.743. The van der Waals surface area contributed by atoms with Crippen LogP contribution in [0.5, 0.6) is 0 Å². The second-order valence-electron chi connectivity index (χ2n) is 31.2. The van der Waals surface area contributed by atoms with Crippen LogP contribution in [0, 0.1) is 0 Å². The van der Waals surface area contributed by atoms with Gasteiger partial charge in [-0.3, -0.25) is 9.97 Å². The normalized spacial score (nSPS) is 12.3. The van der Waals surface area contributed by atoms with Crippen molar-refractivity contribution in [2.24, 2.45) is 0 Å². The minimum atomic E-state index is 0.743. The van der Waals surface area contributed by atoms with Crippen molar-refractivity contribution in [3.63, 3.8) is 0 Å². The van der Waals surface area contributed by atoms with E-state index >= 15 is 0 Å². The van der Waals surface area contributed by atoms with E-state index < -0.39 is 0 Å². The molecule has 15 heteroatoms. The van der Waals surface area contributed by atoms with Crippen molar-refractivity contribution >= 4 is 139 Å². The van der Waals surface area contributed by atoms with Crippen LogP contribution in [0.15, 0.2) is 350 Å². The zero-order valence-electron chi connectivity index (χ0n) is 65.0. The van der Waals surface area contributed by atoms with E-state index in [1.54, 1.807) is 53.0 Å². The predicted molar refractivity (Wildman–Crippen MR) is 499 cm³/mol. The fourth-order valence-corrected chi connectivity index (χ4v) is 22.1. The zero-order chi connectivity index (χ0) is 80.0. The van der Waals surface area contributed by atoms with Crippen LogP contribution in [0.2, 0.25) is 0 Å². The van der Waals surface area contributed by atoms with Crippen LogP contribution in [0.1, 0.15) is 33.4 Å². The summed E-state index contributed by atoms with van der Waals surface area (Å²) in [4.78, 5) is 47.8. The second-order valence-corrected chi connectivity index (χ2v) is 34.3.